The lowest BCUT2D eigenvalue weighted by Gasteiger charge is -2.14. The van der Waals surface area contributed by atoms with Crippen molar-refractivity contribution in [2.24, 2.45) is 5.73 Å². The zero-order chi connectivity index (χ0) is 76.2. The molecule has 0 saturated heterocycles. The van der Waals surface area contributed by atoms with Gasteiger partial charge >= 0.3 is 17.9 Å². The molecule has 0 aromatic heterocycles. The Kier molecular flexibility index (Phi) is 70.3. The first-order valence-corrected chi connectivity index (χ1v) is 37.0. The maximum Gasteiger partial charge on any atom is 0.326 e. The van der Waals surface area contributed by atoms with Crippen molar-refractivity contribution in [2.75, 3.05) is 204 Å². The van der Waals surface area contributed by atoms with Crippen LogP contribution >= 0.6 is 0 Å². The number of carboxylic acids is 3. The molecule has 0 spiro atoms. The van der Waals surface area contributed by atoms with Gasteiger partial charge in [-0.25, -0.2) is 4.79 Å². The van der Waals surface area contributed by atoms with Crippen LogP contribution in [0.25, 0.3) is 0 Å². The average molecular weight is 1500 g/mol. The van der Waals surface area contributed by atoms with Gasteiger partial charge in [-0.05, 0) is 38.5 Å². The van der Waals surface area contributed by atoms with Gasteiger partial charge in [0.15, 0.2) is 0 Å². The normalized spacial score (nSPS) is 11.7. The van der Waals surface area contributed by atoms with E-state index in [1.54, 1.807) is 0 Å². The van der Waals surface area contributed by atoms with Crippen LogP contribution in [-0.4, -0.2) is 297 Å². The molecule has 35 nitrogen and oxygen atoms in total. The number of ether oxygens (including phenoxy) is 12. The minimum Gasteiger partial charge on any atom is -0.481 e. The number of carbonyl (C=O) groups excluding carboxylic acids is 8. The van der Waals surface area contributed by atoms with Gasteiger partial charge in [0.2, 0.25) is 47.3 Å². The van der Waals surface area contributed by atoms with Crippen molar-refractivity contribution in [3.05, 3.63) is 0 Å². The number of hydrogen-bond acceptors (Lipinski definition) is 24. The van der Waals surface area contributed by atoms with Gasteiger partial charge in [0.25, 0.3) is 0 Å². The summed E-state index contributed by atoms with van der Waals surface area (Å²) in [5.41, 5.74) is 5.43. The highest BCUT2D eigenvalue weighted by Gasteiger charge is 2.21. The van der Waals surface area contributed by atoms with E-state index in [4.69, 9.17) is 72.8 Å². The van der Waals surface area contributed by atoms with E-state index in [-0.39, 0.29) is 271 Å². The first-order chi connectivity index (χ1) is 50.5. The van der Waals surface area contributed by atoms with Crippen LogP contribution in [0, 0.1) is 0 Å². The monoisotopic (exact) mass is 1500 g/mol. The molecule has 13 N–H and O–H groups in total. The van der Waals surface area contributed by atoms with Gasteiger partial charge < -0.3 is 120 Å². The summed E-state index contributed by atoms with van der Waals surface area (Å²) in [7, 11) is 0. The van der Waals surface area contributed by atoms with Crippen molar-refractivity contribution in [3.8, 4) is 0 Å². The largest absolute Gasteiger partial charge is 0.481 e. The number of nitrogens with one attached hydrogen (secondary N) is 8. The van der Waals surface area contributed by atoms with E-state index in [9.17, 15) is 57.8 Å². The molecule has 0 heterocycles. The quantitative estimate of drug-likeness (QED) is 0.0375. The highest BCUT2D eigenvalue weighted by atomic mass is 16.6. The summed E-state index contributed by atoms with van der Waals surface area (Å²) in [4.78, 5) is 129. The third-order valence-electron chi connectivity index (χ3n) is 15.0. The summed E-state index contributed by atoms with van der Waals surface area (Å²) >= 11 is 0. The summed E-state index contributed by atoms with van der Waals surface area (Å²) in [6, 6.07) is -2.06. The molecule has 0 aliphatic heterocycles. The van der Waals surface area contributed by atoms with E-state index < -0.39 is 30.0 Å². The zero-order valence-corrected chi connectivity index (χ0v) is 61.6. The number of unbranched alkanes of at least 4 members (excludes halogenated alkanes) is 18. The Hall–Kier alpha value is -6.35. The highest BCUT2D eigenvalue weighted by Crippen LogP contribution is 2.15. The Morgan fingerprint density at radius 1 is 0.240 bits per heavy atom. The van der Waals surface area contributed by atoms with Crippen LogP contribution in [0.15, 0.2) is 0 Å². The van der Waals surface area contributed by atoms with Crippen molar-refractivity contribution < 1.29 is 125 Å². The van der Waals surface area contributed by atoms with Crippen molar-refractivity contribution in [1.82, 2.24) is 42.5 Å². The van der Waals surface area contributed by atoms with Gasteiger partial charge in [-0.2, -0.15) is 0 Å². The first kappa shape index (κ1) is 97.6. The van der Waals surface area contributed by atoms with Gasteiger partial charge in [0.05, 0.1) is 119 Å². The Morgan fingerprint density at radius 3 is 0.760 bits per heavy atom. The Balaban J connectivity index is 3.53. The number of nitrogens with two attached hydrogens (primary N) is 1. The van der Waals surface area contributed by atoms with E-state index in [1.165, 1.54) is 70.6 Å². The smallest absolute Gasteiger partial charge is 0.326 e. The fourth-order valence-electron chi connectivity index (χ4n) is 9.31. The Labute approximate surface area is 613 Å². The zero-order valence-electron chi connectivity index (χ0n) is 61.6. The standard InChI is InChI=1S/C69H127N9O26/c70-57(68(89)90)21-19-20-26-71-61(81)51-99-45-40-94-34-28-73-63(83)53-101-47-42-96-36-30-75-65(85)55-103-49-44-98-38-32-77-66(86)56-104-50-43-97-37-31-76-64(84)54-102-48-41-95-35-29-74-62(82)52-100-46-39-93-33-27-72-59(79)25-24-58(69(91)92)78-60(80)22-17-15-13-11-9-7-5-3-1-2-4-6-8-10-12-14-16-18-23-67(87)88/h57-58H,1-56,70H2,(H,71,81)(H,72,79)(H,73,83)(H,74,82)(H,75,85)(H,76,84)(H,77,86)(H,78,80)(H,87,88)(H,89,90)(H,91,92)/t57-,58-/m0/s1. The van der Waals surface area contributed by atoms with Crippen LogP contribution in [0.1, 0.15) is 161 Å². The molecule has 0 fully saturated rings. The predicted octanol–water partition coefficient (Wildman–Crippen LogP) is 0.817. The number of aliphatic carboxylic acids is 3. The van der Waals surface area contributed by atoms with E-state index >= 15 is 0 Å². The molecule has 0 aromatic rings. The first-order valence-electron chi connectivity index (χ1n) is 37.0. The van der Waals surface area contributed by atoms with Crippen LogP contribution in [0.5, 0.6) is 0 Å². The Bertz CT molecular complexity index is 2210. The van der Waals surface area contributed by atoms with E-state index in [0.717, 1.165) is 38.5 Å². The SMILES string of the molecule is N[C@@H](CCCCNC(=O)COCCOCCNC(=O)COCCOCCNC(=O)COCCOCCNC(=O)COCCOCCNC(=O)COCCOCCNC(=O)COCCOCCNC(=O)CC[C@H](NC(=O)CCCCCCCCCCCCCCCCCCCCC(=O)O)C(=O)O)C(=O)O. The van der Waals surface area contributed by atoms with E-state index in [2.05, 4.69) is 42.5 Å². The van der Waals surface area contributed by atoms with Crippen LogP contribution in [-0.2, 0) is 110 Å². The van der Waals surface area contributed by atoms with Crippen LogP contribution < -0.4 is 48.3 Å². The maximum atomic E-state index is 12.4. The van der Waals surface area contributed by atoms with Crippen molar-refractivity contribution >= 4 is 65.2 Å². The van der Waals surface area contributed by atoms with Crippen LogP contribution in [0.2, 0.25) is 0 Å². The number of carbonyl (C=O) groups is 11. The lowest BCUT2D eigenvalue weighted by Crippen LogP contribution is -2.41. The van der Waals surface area contributed by atoms with E-state index in [1.807, 2.05) is 0 Å². The topological polar surface area (TPSA) is 481 Å². The third-order valence-corrected chi connectivity index (χ3v) is 15.0. The minimum atomic E-state index is -1.19. The van der Waals surface area contributed by atoms with Crippen molar-refractivity contribution in [1.29, 1.82) is 0 Å². The molecule has 8 amide bonds. The van der Waals surface area contributed by atoms with Crippen molar-refractivity contribution in [3.63, 3.8) is 0 Å². The number of hydrogen-bond donors (Lipinski definition) is 12. The summed E-state index contributed by atoms with van der Waals surface area (Å²) in [5.74, 6) is -5.65. The van der Waals surface area contributed by atoms with Gasteiger partial charge in [0.1, 0.15) is 51.7 Å². The van der Waals surface area contributed by atoms with Crippen molar-refractivity contribution in [2.45, 2.75) is 173 Å². The third kappa shape index (κ3) is 73.9. The molecule has 0 bridgehead atoms. The summed E-state index contributed by atoms with van der Waals surface area (Å²) in [6.45, 7) is 4.25. The second-order valence-electron chi connectivity index (χ2n) is 24.1. The number of rotatable bonds is 80. The predicted molar refractivity (Wildman–Crippen MR) is 379 cm³/mol. The molecule has 35 heteroatoms. The van der Waals surface area contributed by atoms with Gasteiger partial charge in [-0.3, -0.25) is 47.9 Å². The summed E-state index contributed by atoms with van der Waals surface area (Å²) in [6.07, 6.45) is 22.4. The summed E-state index contributed by atoms with van der Waals surface area (Å²) in [5, 5.41) is 48.2. The molecule has 0 aliphatic rings. The average Bonchev–Trinajstić information content (AvgIpc) is 0.955. The van der Waals surface area contributed by atoms with Gasteiger partial charge in [0, 0.05) is 65.1 Å². The molecular formula is C69H127N9O26. The lowest BCUT2D eigenvalue weighted by molar-refractivity contribution is -0.142. The van der Waals surface area contributed by atoms with Gasteiger partial charge in [-0.15, -0.1) is 0 Å². The fraction of sp³-hybridized carbons (Fsp3) is 0.841. The molecule has 0 saturated carbocycles. The minimum absolute atomic E-state index is 0.0420. The molecule has 2 atom stereocenters. The molecule has 0 unspecified atom stereocenters. The number of amides is 8. The maximum absolute atomic E-state index is 12.4. The highest BCUT2D eigenvalue weighted by molar-refractivity contribution is 5.84. The van der Waals surface area contributed by atoms with Gasteiger partial charge in [-0.1, -0.05) is 103 Å². The Morgan fingerprint density at radius 2 is 0.490 bits per heavy atom. The molecule has 0 rings (SSSR count). The van der Waals surface area contributed by atoms with E-state index in [0.29, 0.717) is 32.2 Å². The molecule has 104 heavy (non-hydrogen) atoms. The van der Waals surface area contributed by atoms with Crippen LogP contribution in [0.3, 0.4) is 0 Å². The fourth-order valence-corrected chi connectivity index (χ4v) is 9.31. The number of carboxylic acid groups (broad SMARTS) is 3. The second-order valence-corrected chi connectivity index (χ2v) is 24.1. The molecule has 0 aromatic carbocycles. The molecule has 604 valence electrons. The molecule has 0 radical (unpaired) electrons. The molecular weight excluding hydrogens is 1370 g/mol. The lowest BCUT2D eigenvalue weighted by atomic mass is 10.0. The van der Waals surface area contributed by atoms with Crippen LogP contribution in [0.4, 0.5) is 0 Å². The molecule has 0 aliphatic carbocycles. The second kappa shape index (κ2) is 74.9. The summed E-state index contributed by atoms with van der Waals surface area (Å²) < 4.78 is 64.1.